The maximum atomic E-state index is 12.2. The summed E-state index contributed by atoms with van der Waals surface area (Å²) in [5.74, 6) is -0.0137. The van der Waals surface area contributed by atoms with Crippen LogP contribution in [0.5, 0.6) is 0 Å². The lowest BCUT2D eigenvalue weighted by atomic mass is 10.2. The molecule has 3 rings (SSSR count). The van der Waals surface area contributed by atoms with Crippen molar-refractivity contribution in [2.45, 2.75) is 0 Å². The average molecular weight is 382 g/mol. The summed E-state index contributed by atoms with van der Waals surface area (Å²) in [6.07, 6.45) is 5.73. The lowest BCUT2D eigenvalue weighted by Gasteiger charge is -2.34. The molecule has 0 aliphatic carbocycles. The van der Waals surface area contributed by atoms with Crippen LogP contribution in [-0.2, 0) is 0 Å². The SMILES string of the molecule is O=C(NCCNC(=O)N1CCN(CC=Cc2ccccc2)CC1)c1ccco1. The van der Waals surface area contributed by atoms with Gasteiger partial charge in [-0.15, -0.1) is 0 Å². The first kappa shape index (κ1) is 19.7. The van der Waals surface area contributed by atoms with E-state index in [0.29, 0.717) is 26.2 Å². The predicted octanol–water partition coefficient (Wildman–Crippen LogP) is 2.05. The Morgan fingerprint density at radius 1 is 0.964 bits per heavy atom. The Morgan fingerprint density at radius 3 is 2.43 bits per heavy atom. The van der Waals surface area contributed by atoms with Crippen LogP contribution in [-0.4, -0.2) is 67.6 Å². The van der Waals surface area contributed by atoms with Gasteiger partial charge >= 0.3 is 6.03 Å². The molecule has 3 amide bonds. The Bertz CT molecular complexity index is 766. The van der Waals surface area contributed by atoms with Crippen molar-refractivity contribution in [2.75, 3.05) is 45.8 Å². The van der Waals surface area contributed by atoms with Gasteiger partial charge in [0.2, 0.25) is 0 Å². The van der Waals surface area contributed by atoms with Crippen LogP contribution in [0.2, 0.25) is 0 Å². The minimum Gasteiger partial charge on any atom is -0.459 e. The summed E-state index contributed by atoms with van der Waals surface area (Å²) >= 11 is 0. The first-order chi connectivity index (χ1) is 13.7. The van der Waals surface area contributed by atoms with Crippen molar-refractivity contribution in [3.05, 3.63) is 66.1 Å². The van der Waals surface area contributed by atoms with Gasteiger partial charge in [-0.3, -0.25) is 9.69 Å². The summed E-state index contributed by atoms with van der Waals surface area (Å²) in [7, 11) is 0. The number of benzene rings is 1. The summed E-state index contributed by atoms with van der Waals surface area (Å²) in [5.41, 5.74) is 1.19. The number of hydrogen-bond acceptors (Lipinski definition) is 4. The maximum absolute atomic E-state index is 12.2. The Labute approximate surface area is 165 Å². The number of piperazine rings is 1. The standard InChI is InChI=1S/C21H26N4O3/c26-20(19-9-5-17-28-19)22-10-11-23-21(27)25-15-13-24(14-16-25)12-4-8-18-6-2-1-3-7-18/h1-9,17H,10-16H2,(H,22,26)(H,23,27). The van der Waals surface area contributed by atoms with E-state index in [1.165, 1.54) is 11.8 Å². The van der Waals surface area contributed by atoms with Crippen molar-refractivity contribution in [3.63, 3.8) is 0 Å². The Morgan fingerprint density at radius 2 is 1.71 bits per heavy atom. The monoisotopic (exact) mass is 382 g/mol. The molecule has 1 aliphatic rings. The Hall–Kier alpha value is -3.06. The molecule has 0 spiro atoms. The van der Waals surface area contributed by atoms with Crippen LogP contribution in [0.4, 0.5) is 4.79 Å². The second kappa shape index (κ2) is 10.3. The van der Waals surface area contributed by atoms with E-state index >= 15 is 0 Å². The molecule has 2 N–H and O–H groups in total. The van der Waals surface area contributed by atoms with Crippen molar-refractivity contribution >= 4 is 18.0 Å². The second-order valence-corrected chi connectivity index (χ2v) is 6.57. The summed E-state index contributed by atoms with van der Waals surface area (Å²) in [5, 5.41) is 5.55. The number of nitrogens with one attached hydrogen (secondary N) is 2. The molecule has 0 radical (unpaired) electrons. The van der Waals surface area contributed by atoms with Crippen molar-refractivity contribution in [3.8, 4) is 0 Å². The number of rotatable bonds is 7. The molecular weight excluding hydrogens is 356 g/mol. The third kappa shape index (κ3) is 5.99. The minimum atomic E-state index is -0.281. The van der Waals surface area contributed by atoms with E-state index in [0.717, 1.165) is 19.6 Å². The third-order valence-electron chi connectivity index (χ3n) is 4.56. The fourth-order valence-electron chi connectivity index (χ4n) is 2.99. The highest BCUT2D eigenvalue weighted by atomic mass is 16.3. The van der Waals surface area contributed by atoms with Gasteiger partial charge in [0, 0.05) is 45.8 Å². The largest absolute Gasteiger partial charge is 0.459 e. The van der Waals surface area contributed by atoms with Gasteiger partial charge in [0.25, 0.3) is 5.91 Å². The van der Waals surface area contributed by atoms with Gasteiger partial charge in [0.15, 0.2) is 5.76 Å². The number of carbonyl (C=O) groups excluding carboxylic acids is 2. The van der Waals surface area contributed by atoms with Gasteiger partial charge in [0.1, 0.15) is 0 Å². The van der Waals surface area contributed by atoms with Gasteiger partial charge < -0.3 is 20.0 Å². The predicted molar refractivity (Wildman–Crippen MR) is 108 cm³/mol. The van der Waals surface area contributed by atoms with E-state index in [1.54, 1.807) is 12.1 Å². The summed E-state index contributed by atoms with van der Waals surface area (Å²) in [4.78, 5) is 28.1. The number of carbonyl (C=O) groups is 2. The molecule has 1 saturated heterocycles. The lowest BCUT2D eigenvalue weighted by Crippen LogP contribution is -2.52. The van der Waals surface area contributed by atoms with Gasteiger partial charge in [-0.1, -0.05) is 42.5 Å². The molecule has 2 aromatic rings. The van der Waals surface area contributed by atoms with Crippen molar-refractivity contribution in [2.24, 2.45) is 0 Å². The van der Waals surface area contributed by atoms with Crippen LogP contribution in [0.15, 0.2) is 59.2 Å². The molecule has 1 aromatic carbocycles. The van der Waals surface area contributed by atoms with Crippen LogP contribution in [0.1, 0.15) is 16.1 Å². The smallest absolute Gasteiger partial charge is 0.317 e. The number of amides is 3. The first-order valence-electron chi connectivity index (χ1n) is 9.51. The molecule has 148 valence electrons. The molecule has 0 atom stereocenters. The van der Waals surface area contributed by atoms with Gasteiger partial charge in [0.05, 0.1) is 6.26 Å². The zero-order valence-corrected chi connectivity index (χ0v) is 15.8. The van der Waals surface area contributed by atoms with Crippen LogP contribution in [0, 0.1) is 0 Å². The van der Waals surface area contributed by atoms with Crippen LogP contribution in [0.25, 0.3) is 6.08 Å². The van der Waals surface area contributed by atoms with Gasteiger partial charge in [-0.25, -0.2) is 4.79 Å². The van der Waals surface area contributed by atoms with Crippen molar-refractivity contribution < 1.29 is 14.0 Å². The van der Waals surface area contributed by atoms with E-state index < -0.39 is 0 Å². The molecule has 0 bridgehead atoms. The zero-order chi connectivity index (χ0) is 19.6. The van der Waals surface area contributed by atoms with E-state index in [1.807, 2.05) is 23.1 Å². The maximum Gasteiger partial charge on any atom is 0.317 e. The molecule has 0 saturated carbocycles. The first-order valence-corrected chi connectivity index (χ1v) is 9.51. The minimum absolute atomic E-state index is 0.0910. The molecule has 1 aliphatic heterocycles. The Balaban J connectivity index is 1.29. The second-order valence-electron chi connectivity index (χ2n) is 6.57. The number of hydrogen-bond donors (Lipinski definition) is 2. The van der Waals surface area contributed by atoms with Crippen molar-refractivity contribution in [1.82, 2.24) is 20.4 Å². The molecule has 7 heteroatoms. The fraction of sp³-hybridized carbons (Fsp3) is 0.333. The molecule has 7 nitrogen and oxygen atoms in total. The number of nitrogens with zero attached hydrogens (tertiary/aromatic N) is 2. The highest BCUT2D eigenvalue weighted by Crippen LogP contribution is 2.05. The van der Waals surface area contributed by atoms with E-state index in [2.05, 4.69) is 39.8 Å². The molecule has 1 fully saturated rings. The number of furan rings is 1. The summed E-state index contributed by atoms with van der Waals surface area (Å²) in [6, 6.07) is 13.4. The molecule has 2 heterocycles. The molecule has 1 aromatic heterocycles. The van der Waals surface area contributed by atoms with Gasteiger partial charge in [-0.05, 0) is 17.7 Å². The van der Waals surface area contributed by atoms with E-state index in [9.17, 15) is 9.59 Å². The Kier molecular flexibility index (Phi) is 7.26. The van der Waals surface area contributed by atoms with Crippen LogP contribution in [0.3, 0.4) is 0 Å². The van der Waals surface area contributed by atoms with Crippen LogP contribution < -0.4 is 10.6 Å². The normalized spacial score (nSPS) is 14.9. The fourth-order valence-corrected chi connectivity index (χ4v) is 2.99. The lowest BCUT2D eigenvalue weighted by molar-refractivity contribution is 0.0925. The highest BCUT2D eigenvalue weighted by Gasteiger charge is 2.20. The van der Waals surface area contributed by atoms with E-state index in [-0.39, 0.29) is 17.7 Å². The quantitative estimate of drug-likeness (QED) is 0.719. The average Bonchev–Trinajstić information content (AvgIpc) is 3.27. The highest BCUT2D eigenvalue weighted by molar-refractivity contribution is 5.91. The number of urea groups is 1. The van der Waals surface area contributed by atoms with Gasteiger partial charge in [-0.2, -0.15) is 0 Å². The van der Waals surface area contributed by atoms with E-state index in [4.69, 9.17) is 4.42 Å². The molecule has 0 unspecified atom stereocenters. The summed E-state index contributed by atoms with van der Waals surface area (Å²) < 4.78 is 5.01. The van der Waals surface area contributed by atoms with Crippen molar-refractivity contribution in [1.29, 1.82) is 0 Å². The molecule has 28 heavy (non-hydrogen) atoms. The zero-order valence-electron chi connectivity index (χ0n) is 15.8. The summed E-state index contributed by atoms with van der Waals surface area (Å²) in [6.45, 7) is 4.71. The topological polar surface area (TPSA) is 77.8 Å². The third-order valence-corrected chi connectivity index (χ3v) is 4.56. The van der Waals surface area contributed by atoms with Crippen LogP contribution >= 0.6 is 0 Å². The molecular formula is C21H26N4O3.